The molecule has 0 bridgehead atoms. The van der Waals surface area contributed by atoms with Crippen LogP contribution in [0.4, 0.5) is 0 Å². The smallest absolute Gasteiger partial charge is 0.0331 e. The van der Waals surface area contributed by atoms with Crippen LogP contribution in [0.5, 0.6) is 0 Å². The lowest BCUT2D eigenvalue weighted by atomic mass is 9.78. The summed E-state index contributed by atoms with van der Waals surface area (Å²) in [4.78, 5) is 2.73. The van der Waals surface area contributed by atoms with Crippen LogP contribution in [0.3, 0.4) is 0 Å². The second kappa shape index (κ2) is 7.79. The summed E-state index contributed by atoms with van der Waals surface area (Å²) < 4.78 is 0. The van der Waals surface area contributed by atoms with Gasteiger partial charge in [-0.2, -0.15) is 0 Å². The topological polar surface area (TPSA) is 29.3 Å². The van der Waals surface area contributed by atoms with Crippen molar-refractivity contribution in [2.45, 2.75) is 95.6 Å². The van der Waals surface area contributed by atoms with Crippen LogP contribution in [0.25, 0.3) is 0 Å². The molecule has 2 heteroatoms. The minimum absolute atomic E-state index is 0.310. The van der Waals surface area contributed by atoms with E-state index in [2.05, 4.69) is 18.9 Å². The highest BCUT2D eigenvalue weighted by Crippen LogP contribution is 2.36. The summed E-state index contributed by atoms with van der Waals surface area (Å²) in [5, 5.41) is 0. The zero-order chi connectivity index (χ0) is 14.4. The highest BCUT2D eigenvalue weighted by Gasteiger charge is 2.37. The molecule has 0 heterocycles. The minimum Gasteiger partial charge on any atom is -0.329 e. The van der Waals surface area contributed by atoms with Crippen molar-refractivity contribution in [2.75, 3.05) is 13.6 Å². The Labute approximate surface area is 126 Å². The maximum Gasteiger partial charge on any atom is 0.0331 e. The Kier molecular flexibility index (Phi) is 6.35. The molecule has 0 aromatic carbocycles. The first-order chi connectivity index (χ1) is 9.72. The Morgan fingerprint density at radius 1 is 0.950 bits per heavy atom. The summed E-state index contributed by atoms with van der Waals surface area (Å²) in [5.41, 5.74) is 6.59. The zero-order valence-electron chi connectivity index (χ0n) is 13.9. The highest BCUT2D eigenvalue weighted by molar-refractivity contribution is 4.95. The van der Waals surface area contributed by atoms with Crippen LogP contribution in [-0.2, 0) is 0 Å². The van der Waals surface area contributed by atoms with Crippen LogP contribution < -0.4 is 5.73 Å². The van der Waals surface area contributed by atoms with Crippen molar-refractivity contribution in [1.82, 2.24) is 4.90 Å². The van der Waals surface area contributed by atoms with Crippen molar-refractivity contribution in [3.63, 3.8) is 0 Å². The molecule has 2 rings (SSSR count). The van der Waals surface area contributed by atoms with Gasteiger partial charge in [0.2, 0.25) is 0 Å². The Balaban J connectivity index is 1.98. The van der Waals surface area contributed by atoms with E-state index in [0.29, 0.717) is 5.54 Å². The molecule has 0 aromatic heterocycles. The molecule has 2 N–H and O–H groups in total. The first-order valence-corrected chi connectivity index (χ1v) is 9.15. The second-order valence-electron chi connectivity index (χ2n) is 7.39. The molecule has 0 unspecified atom stereocenters. The molecule has 0 radical (unpaired) electrons. The van der Waals surface area contributed by atoms with E-state index in [0.717, 1.165) is 18.5 Å². The lowest BCUT2D eigenvalue weighted by Gasteiger charge is -2.48. The van der Waals surface area contributed by atoms with E-state index in [-0.39, 0.29) is 0 Å². The molecular weight excluding hydrogens is 244 g/mol. The van der Waals surface area contributed by atoms with Gasteiger partial charge in [-0.3, -0.25) is 4.90 Å². The van der Waals surface area contributed by atoms with Gasteiger partial charge < -0.3 is 5.73 Å². The van der Waals surface area contributed by atoms with Gasteiger partial charge in [-0.05, 0) is 51.5 Å². The van der Waals surface area contributed by atoms with E-state index in [9.17, 15) is 0 Å². The fourth-order valence-electron chi connectivity index (χ4n) is 4.59. The Morgan fingerprint density at radius 3 is 2.00 bits per heavy atom. The molecule has 0 amide bonds. The van der Waals surface area contributed by atoms with Crippen molar-refractivity contribution >= 4 is 0 Å². The highest BCUT2D eigenvalue weighted by atomic mass is 15.2. The second-order valence-corrected chi connectivity index (χ2v) is 7.39. The van der Waals surface area contributed by atoms with Crippen LogP contribution in [0.15, 0.2) is 0 Å². The fraction of sp³-hybridized carbons (Fsp3) is 1.00. The van der Waals surface area contributed by atoms with E-state index in [1.165, 1.54) is 77.0 Å². The molecule has 118 valence electrons. The van der Waals surface area contributed by atoms with Gasteiger partial charge in [-0.1, -0.05) is 45.4 Å². The third kappa shape index (κ3) is 3.76. The summed E-state index contributed by atoms with van der Waals surface area (Å²) in [5.74, 6) is 0.991. The molecular formula is C18H36N2. The van der Waals surface area contributed by atoms with Crippen LogP contribution in [0.2, 0.25) is 0 Å². The first kappa shape index (κ1) is 16.3. The standard InChI is InChI=1S/C18H36N2/c1-3-16-9-11-17(12-10-16)20(2)18(15-19)13-7-5-4-6-8-14-18/h16-17H,3-15,19H2,1-2H3. The van der Waals surface area contributed by atoms with Gasteiger partial charge in [0.25, 0.3) is 0 Å². The quantitative estimate of drug-likeness (QED) is 0.830. The maximum absolute atomic E-state index is 6.28. The van der Waals surface area contributed by atoms with E-state index in [1.54, 1.807) is 0 Å². The van der Waals surface area contributed by atoms with Crippen molar-refractivity contribution in [3.8, 4) is 0 Å². The molecule has 0 saturated heterocycles. The van der Waals surface area contributed by atoms with E-state index >= 15 is 0 Å². The number of rotatable bonds is 4. The normalized spacial score (nSPS) is 31.8. The lowest BCUT2D eigenvalue weighted by Crippen LogP contribution is -2.56. The summed E-state index contributed by atoms with van der Waals surface area (Å²) in [6.07, 6.45) is 16.7. The molecule has 0 aliphatic heterocycles. The van der Waals surface area contributed by atoms with Gasteiger partial charge in [0.15, 0.2) is 0 Å². The van der Waals surface area contributed by atoms with Crippen molar-refractivity contribution < 1.29 is 0 Å². The molecule has 0 aromatic rings. The number of likely N-dealkylation sites (N-methyl/N-ethyl adjacent to an activating group) is 1. The van der Waals surface area contributed by atoms with Gasteiger partial charge in [0.1, 0.15) is 0 Å². The van der Waals surface area contributed by atoms with Crippen LogP contribution in [0, 0.1) is 5.92 Å². The Hall–Kier alpha value is -0.0800. The molecule has 2 nitrogen and oxygen atoms in total. The maximum atomic E-state index is 6.28. The summed E-state index contributed by atoms with van der Waals surface area (Å²) in [6.45, 7) is 3.21. The van der Waals surface area contributed by atoms with E-state index in [1.807, 2.05) is 0 Å². The first-order valence-electron chi connectivity index (χ1n) is 9.15. The molecule has 0 atom stereocenters. The van der Waals surface area contributed by atoms with Crippen LogP contribution >= 0.6 is 0 Å². The van der Waals surface area contributed by atoms with Crippen molar-refractivity contribution in [2.24, 2.45) is 11.7 Å². The lowest BCUT2D eigenvalue weighted by molar-refractivity contribution is 0.0294. The third-order valence-corrected chi connectivity index (χ3v) is 6.35. The van der Waals surface area contributed by atoms with Gasteiger partial charge in [-0.15, -0.1) is 0 Å². The number of hydrogen-bond donors (Lipinski definition) is 1. The summed E-state index contributed by atoms with van der Waals surface area (Å²) in [6, 6.07) is 0.792. The van der Waals surface area contributed by atoms with Crippen LogP contribution in [-0.4, -0.2) is 30.1 Å². The largest absolute Gasteiger partial charge is 0.329 e. The Bertz CT molecular complexity index is 261. The zero-order valence-corrected chi connectivity index (χ0v) is 13.9. The molecule has 2 aliphatic carbocycles. The number of nitrogens with two attached hydrogens (primary N) is 1. The molecule has 0 spiro atoms. The van der Waals surface area contributed by atoms with Gasteiger partial charge >= 0.3 is 0 Å². The van der Waals surface area contributed by atoms with Crippen LogP contribution in [0.1, 0.15) is 84.0 Å². The Morgan fingerprint density at radius 2 is 1.50 bits per heavy atom. The summed E-state index contributed by atoms with van der Waals surface area (Å²) >= 11 is 0. The minimum atomic E-state index is 0.310. The number of hydrogen-bond acceptors (Lipinski definition) is 2. The predicted molar refractivity (Wildman–Crippen MR) is 87.9 cm³/mol. The molecule has 20 heavy (non-hydrogen) atoms. The van der Waals surface area contributed by atoms with Gasteiger partial charge in [0.05, 0.1) is 0 Å². The van der Waals surface area contributed by atoms with Gasteiger partial charge in [0, 0.05) is 18.1 Å². The van der Waals surface area contributed by atoms with Crippen molar-refractivity contribution in [1.29, 1.82) is 0 Å². The fourth-order valence-corrected chi connectivity index (χ4v) is 4.59. The molecule has 2 fully saturated rings. The number of nitrogens with zero attached hydrogens (tertiary/aromatic N) is 1. The van der Waals surface area contributed by atoms with E-state index < -0.39 is 0 Å². The van der Waals surface area contributed by atoms with E-state index in [4.69, 9.17) is 5.73 Å². The van der Waals surface area contributed by atoms with Gasteiger partial charge in [-0.25, -0.2) is 0 Å². The molecule has 2 saturated carbocycles. The van der Waals surface area contributed by atoms with Crippen molar-refractivity contribution in [3.05, 3.63) is 0 Å². The average molecular weight is 280 g/mol. The average Bonchev–Trinajstić information content (AvgIpc) is 2.47. The predicted octanol–water partition coefficient (Wildman–Crippen LogP) is 4.33. The monoisotopic (exact) mass is 280 g/mol. The molecule has 2 aliphatic rings. The third-order valence-electron chi connectivity index (χ3n) is 6.35. The SMILES string of the molecule is CCC1CCC(N(C)C2(CN)CCCCCCC2)CC1. The summed E-state index contributed by atoms with van der Waals surface area (Å²) in [7, 11) is 2.38.